The van der Waals surface area contributed by atoms with E-state index in [0.29, 0.717) is 17.5 Å². The number of hydrogen-bond donors (Lipinski definition) is 0. The summed E-state index contributed by atoms with van der Waals surface area (Å²) in [6.07, 6.45) is 3.71. The van der Waals surface area contributed by atoms with Crippen LogP contribution in [0.5, 0.6) is 0 Å². The summed E-state index contributed by atoms with van der Waals surface area (Å²) >= 11 is 0. The molecule has 0 aliphatic rings. The number of hydrogen-bond acceptors (Lipinski definition) is 4. The van der Waals surface area contributed by atoms with Crippen molar-refractivity contribution in [2.24, 2.45) is 0 Å². The highest BCUT2D eigenvalue weighted by molar-refractivity contribution is 6.10. The fourth-order valence-electron chi connectivity index (χ4n) is 6.59. The maximum Gasteiger partial charge on any atom is 0.166 e. The van der Waals surface area contributed by atoms with Gasteiger partial charge in [0.25, 0.3) is 0 Å². The van der Waals surface area contributed by atoms with E-state index in [2.05, 4.69) is 107 Å². The smallest absolute Gasteiger partial charge is 0.166 e. The summed E-state index contributed by atoms with van der Waals surface area (Å²) < 4.78 is 2.36. The third-order valence-corrected chi connectivity index (χ3v) is 8.95. The Balaban J connectivity index is 1.36. The molecule has 0 fully saturated rings. The lowest BCUT2D eigenvalue weighted by atomic mass is 10.0. The van der Waals surface area contributed by atoms with E-state index < -0.39 is 0 Å². The molecule has 3 aromatic heterocycles. The van der Waals surface area contributed by atoms with Gasteiger partial charge in [0.05, 0.1) is 16.7 Å². The van der Waals surface area contributed by atoms with Gasteiger partial charge in [0.15, 0.2) is 17.5 Å². The maximum atomic E-state index is 5.15. The van der Waals surface area contributed by atoms with Gasteiger partial charge in [-0.15, -0.1) is 0 Å². The summed E-state index contributed by atoms with van der Waals surface area (Å²) in [6, 6.07) is 56.7. The van der Waals surface area contributed by atoms with Crippen LogP contribution in [0.1, 0.15) is 0 Å². The van der Waals surface area contributed by atoms with Crippen molar-refractivity contribution in [2.75, 3.05) is 0 Å². The minimum Gasteiger partial charge on any atom is -0.308 e. The molecule has 0 N–H and O–H groups in total. The second kappa shape index (κ2) is 12.1. The van der Waals surface area contributed by atoms with Gasteiger partial charge < -0.3 is 4.57 Å². The van der Waals surface area contributed by atoms with Gasteiger partial charge in [-0.25, -0.2) is 15.0 Å². The first-order chi connectivity index (χ1) is 24.3. The molecular weight excluding hydrogens is 599 g/mol. The molecule has 9 rings (SSSR count). The molecule has 0 aliphatic carbocycles. The molecule has 0 unspecified atom stereocenters. The average molecular weight is 628 g/mol. The van der Waals surface area contributed by atoms with Crippen LogP contribution in [0.25, 0.3) is 83.9 Å². The number of fused-ring (bicyclic) bond motifs is 3. The summed E-state index contributed by atoms with van der Waals surface area (Å²) in [6.45, 7) is 0. The quantitative estimate of drug-likeness (QED) is 0.184. The first-order valence-corrected chi connectivity index (χ1v) is 16.3. The van der Waals surface area contributed by atoms with Crippen molar-refractivity contribution in [3.63, 3.8) is 0 Å². The van der Waals surface area contributed by atoms with Gasteiger partial charge in [-0.1, -0.05) is 133 Å². The highest BCUT2D eigenvalue weighted by atomic mass is 15.1. The van der Waals surface area contributed by atoms with Crippen molar-refractivity contribution >= 4 is 21.8 Å². The molecule has 9 aromatic rings. The Hall–Kier alpha value is -6.72. The molecule has 0 saturated heterocycles. The zero-order valence-corrected chi connectivity index (χ0v) is 26.5. The fourth-order valence-corrected chi connectivity index (χ4v) is 6.59. The molecule has 5 heteroatoms. The van der Waals surface area contributed by atoms with Crippen LogP contribution in [0.4, 0.5) is 0 Å². The molecule has 0 aliphatic heterocycles. The SMILES string of the molecule is c1ccc(-c2ccc3c4ccccc4n(-c4cc(-c5cccnc5)ccc4-c4nc(-c5ccccc5)nc(-c5ccccc5)n4)c3c2)cc1. The van der Waals surface area contributed by atoms with E-state index in [1.807, 2.05) is 72.9 Å². The molecule has 0 spiro atoms. The standard InChI is InChI=1S/C44H29N5/c1-4-13-30(14-5-1)33-22-24-37-36-20-10-11-21-39(36)49(40(37)27-33)41-28-34(35-19-12-26-45-29-35)23-25-38(41)44-47-42(31-15-6-2-7-16-31)46-43(48-44)32-17-8-3-9-18-32/h1-29H. The van der Waals surface area contributed by atoms with E-state index in [1.54, 1.807) is 6.20 Å². The topological polar surface area (TPSA) is 56.5 Å². The van der Waals surface area contributed by atoms with Crippen molar-refractivity contribution in [1.82, 2.24) is 24.5 Å². The Bertz CT molecular complexity index is 2520. The lowest BCUT2D eigenvalue weighted by Gasteiger charge is -2.16. The van der Waals surface area contributed by atoms with E-state index in [-0.39, 0.29) is 0 Å². The third kappa shape index (κ3) is 5.24. The number of benzene rings is 6. The van der Waals surface area contributed by atoms with E-state index in [9.17, 15) is 0 Å². The van der Waals surface area contributed by atoms with Gasteiger partial charge in [0, 0.05) is 45.4 Å². The molecule has 0 saturated carbocycles. The zero-order chi connectivity index (χ0) is 32.6. The van der Waals surface area contributed by atoms with Gasteiger partial charge >= 0.3 is 0 Å². The number of aromatic nitrogens is 5. The zero-order valence-electron chi connectivity index (χ0n) is 26.5. The molecule has 0 radical (unpaired) electrons. The second-order valence-electron chi connectivity index (χ2n) is 12.0. The number of para-hydroxylation sites is 1. The van der Waals surface area contributed by atoms with Gasteiger partial charge in [-0.2, -0.15) is 0 Å². The molecule has 5 nitrogen and oxygen atoms in total. The van der Waals surface area contributed by atoms with Crippen LogP contribution >= 0.6 is 0 Å². The minimum absolute atomic E-state index is 0.602. The minimum atomic E-state index is 0.602. The predicted octanol–water partition coefficient (Wildman–Crippen LogP) is 10.7. The van der Waals surface area contributed by atoms with Crippen LogP contribution in [-0.2, 0) is 0 Å². The molecule has 6 aromatic carbocycles. The van der Waals surface area contributed by atoms with Crippen molar-refractivity contribution in [1.29, 1.82) is 0 Å². The maximum absolute atomic E-state index is 5.15. The molecule has 49 heavy (non-hydrogen) atoms. The Morgan fingerprint density at radius 3 is 1.59 bits per heavy atom. The Kier molecular flexibility index (Phi) is 7.06. The number of pyridine rings is 1. The normalized spacial score (nSPS) is 11.3. The van der Waals surface area contributed by atoms with Crippen LogP contribution in [0.15, 0.2) is 176 Å². The van der Waals surface area contributed by atoms with Crippen molar-refractivity contribution in [2.45, 2.75) is 0 Å². The van der Waals surface area contributed by atoms with Crippen LogP contribution in [0, 0.1) is 0 Å². The summed E-state index contributed by atoms with van der Waals surface area (Å²) in [5, 5.41) is 2.36. The Labute approximate surface area is 283 Å². The molecule has 3 heterocycles. The molecule has 0 bridgehead atoms. The highest BCUT2D eigenvalue weighted by Crippen LogP contribution is 2.39. The number of rotatable bonds is 6. The van der Waals surface area contributed by atoms with Gasteiger partial charge in [0.2, 0.25) is 0 Å². The first kappa shape index (κ1) is 28.5. The summed E-state index contributed by atoms with van der Waals surface area (Å²) in [5.74, 6) is 1.85. The summed E-state index contributed by atoms with van der Waals surface area (Å²) in [5.41, 5.74) is 10.4. The van der Waals surface area contributed by atoms with Gasteiger partial charge in [-0.05, 0) is 47.0 Å². The lowest BCUT2D eigenvalue weighted by molar-refractivity contribution is 1.06. The van der Waals surface area contributed by atoms with Gasteiger partial charge in [0.1, 0.15) is 0 Å². The average Bonchev–Trinajstić information content (AvgIpc) is 3.52. The van der Waals surface area contributed by atoms with Crippen molar-refractivity contribution in [3.8, 4) is 62.1 Å². The lowest BCUT2D eigenvalue weighted by Crippen LogP contribution is -2.04. The molecule has 230 valence electrons. The predicted molar refractivity (Wildman–Crippen MR) is 199 cm³/mol. The summed E-state index contributed by atoms with van der Waals surface area (Å²) in [7, 11) is 0. The van der Waals surface area contributed by atoms with E-state index in [0.717, 1.165) is 50.1 Å². The Morgan fingerprint density at radius 1 is 0.367 bits per heavy atom. The van der Waals surface area contributed by atoms with E-state index in [1.165, 1.54) is 16.3 Å². The molecular formula is C44H29N5. The highest BCUT2D eigenvalue weighted by Gasteiger charge is 2.20. The number of nitrogens with zero attached hydrogens (tertiary/aromatic N) is 5. The van der Waals surface area contributed by atoms with Crippen LogP contribution in [-0.4, -0.2) is 24.5 Å². The molecule has 0 amide bonds. The Morgan fingerprint density at radius 2 is 0.918 bits per heavy atom. The van der Waals surface area contributed by atoms with Crippen LogP contribution in [0.3, 0.4) is 0 Å². The third-order valence-electron chi connectivity index (χ3n) is 8.95. The van der Waals surface area contributed by atoms with Crippen molar-refractivity contribution in [3.05, 3.63) is 176 Å². The summed E-state index contributed by atoms with van der Waals surface area (Å²) in [4.78, 5) is 19.7. The van der Waals surface area contributed by atoms with Crippen molar-refractivity contribution < 1.29 is 0 Å². The van der Waals surface area contributed by atoms with E-state index in [4.69, 9.17) is 15.0 Å². The molecule has 0 atom stereocenters. The first-order valence-electron chi connectivity index (χ1n) is 16.3. The fraction of sp³-hybridized carbons (Fsp3) is 0. The van der Waals surface area contributed by atoms with Crippen LogP contribution in [0.2, 0.25) is 0 Å². The second-order valence-corrected chi connectivity index (χ2v) is 12.0. The van der Waals surface area contributed by atoms with E-state index >= 15 is 0 Å². The largest absolute Gasteiger partial charge is 0.308 e. The van der Waals surface area contributed by atoms with Crippen LogP contribution < -0.4 is 0 Å². The van der Waals surface area contributed by atoms with Gasteiger partial charge in [-0.3, -0.25) is 4.98 Å². The monoisotopic (exact) mass is 627 g/mol.